The van der Waals surface area contributed by atoms with Gasteiger partial charge in [-0.3, -0.25) is 0 Å². The monoisotopic (exact) mass is 381 g/mol. The second-order valence-corrected chi connectivity index (χ2v) is 6.95. The fourth-order valence-electron chi connectivity index (χ4n) is 1.77. The zero-order valence-electron chi connectivity index (χ0n) is 11.9. The van der Waals surface area contributed by atoms with Crippen molar-refractivity contribution in [2.75, 3.05) is 6.61 Å². The summed E-state index contributed by atoms with van der Waals surface area (Å²) in [5.41, 5.74) is 0. The van der Waals surface area contributed by atoms with Gasteiger partial charge in [0.2, 0.25) is 15.8 Å². The van der Waals surface area contributed by atoms with Gasteiger partial charge in [0, 0.05) is 6.07 Å². The number of esters is 1. The van der Waals surface area contributed by atoms with Crippen LogP contribution in [0.25, 0.3) is 0 Å². The van der Waals surface area contributed by atoms with Gasteiger partial charge in [0.1, 0.15) is 4.90 Å². The van der Waals surface area contributed by atoms with Gasteiger partial charge in [-0.05, 0) is 22.4 Å². The summed E-state index contributed by atoms with van der Waals surface area (Å²) < 4.78 is 32.3. The minimum atomic E-state index is -3.93. The number of furan rings is 1. The second-order valence-electron chi connectivity index (χ2n) is 4.70. The van der Waals surface area contributed by atoms with Crippen LogP contribution in [0.5, 0.6) is 0 Å². The molecule has 2 N–H and O–H groups in total. The second kappa shape index (κ2) is 8.55. The van der Waals surface area contributed by atoms with Crippen LogP contribution < -0.4 is 5.14 Å². The third kappa shape index (κ3) is 6.19. The summed E-state index contributed by atoms with van der Waals surface area (Å²) >= 11 is 2.90. The number of hydrogen-bond acceptors (Lipinski definition) is 5. The zero-order chi connectivity index (χ0) is 15.9. The Bertz CT molecular complexity index is 567. The quantitative estimate of drug-likeness (QED) is 0.522. The number of rotatable bonds is 9. The first-order valence-electron chi connectivity index (χ1n) is 6.85. The van der Waals surface area contributed by atoms with Crippen molar-refractivity contribution in [2.24, 2.45) is 5.14 Å². The molecule has 0 spiro atoms. The first-order chi connectivity index (χ1) is 9.86. The van der Waals surface area contributed by atoms with E-state index in [0.717, 1.165) is 25.3 Å². The van der Waals surface area contributed by atoms with E-state index < -0.39 is 16.0 Å². The largest absolute Gasteiger partial charge is 0.460 e. The predicted octanol–water partition coefficient (Wildman–Crippen LogP) is 3.21. The summed E-state index contributed by atoms with van der Waals surface area (Å²) in [5, 5.41) is 4.98. The Kier molecular flexibility index (Phi) is 7.41. The minimum absolute atomic E-state index is 0.100. The summed E-state index contributed by atoms with van der Waals surface area (Å²) in [6, 6.07) is 1.06. The number of carbonyl (C=O) groups is 1. The molecule has 0 fully saturated rings. The first kappa shape index (κ1) is 18.2. The van der Waals surface area contributed by atoms with Crippen molar-refractivity contribution in [3.8, 4) is 0 Å². The fourth-order valence-corrected chi connectivity index (χ4v) is 3.27. The van der Waals surface area contributed by atoms with Crippen LogP contribution >= 0.6 is 15.9 Å². The minimum Gasteiger partial charge on any atom is -0.460 e. The van der Waals surface area contributed by atoms with Crippen LogP contribution in [0.3, 0.4) is 0 Å². The lowest BCUT2D eigenvalue weighted by Crippen LogP contribution is -2.11. The summed E-state index contributed by atoms with van der Waals surface area (Å²) in [4.78, 5) is 11.4. The standard InChI is InChI=1S/C13H20BrNO5S/c1-2-3-4-5-6-7-8-19-13(16)10-9-11(12(14)20-10)21(15,17)18/h9H,2-8H2,1H3,(H2,15,17,18). The zero-order valence-corrected chi connectivity index (χ0v) is 14.3. The molecule has 6 nitrogen and oxygen atoms in total. The van der Waals surface area contributed by atoms with Crippen molar-refractivity contribution in [3.63, 3.8) is 0 Å². The number of ether oxygens (including phenoxy) is 1. The molecule has 0 aromatic carbocycles. The van der Waals surface area contributed by atoms with Gasteiger partial charge < -0.3 is 9.15 Å². The van der Waals surface area contributed by atoms with Crippen molar-refractivity contribution < 1.29 is 22.4 Å². The number of nitrogens with two attached hydrogens (primary N) is 1. The number of unbranched alkanes of at least 4 members (excludes halogenated alkanes) is 5. The number of sulfonamides is 1. The maximum Gasteiger partial charge on any atom is 0.374 e. The van der Waals surface area contributed by atoms with E-state index in [9.17, 15) is 13.2 Å². The topological polar surface area (TPSA) is 99.6 Å². The lowest BCUT2D eigenvalue weighted by Gasteiger charge is -2.02. The molecule has 0 atom stereocenters. The SMILES string of the molecule is CCCCCCCCOC(=O)c1cc(S(N)(=O)=O)c(Br)o1. The van der Waals surface area contributed by atoms with Crippen molar-refractivity contribution in [1.29, 1.82) is 0 Å². The van der Waals surface area contributed by atoms with Gasteiger partial charge in [0.15, 0.2) is 4.67 Å². The average molecular weight is 382 g/mol. The van der Waals surface area contributed by atoms with Crippen LogP contribution in [0.4, 0.5) is 0 Å². The van der Waals surface area contributed by atoms with Crippen molar-refractivity contribution >= 4 is 31.9 Å². The van der Waals surface area contributed by atoms with Gasteiger partial charge in [0.05, 0.1) is 6.61 Å². The third-order valence-electron chi connectivity index (χ3n) is 2.89. The summed E-state index contributed by atoms with van der Waals surface area (Å²) in [6.45, 7) is 2.44. The molecule has 0 radical (unpaired) electrons. The van der Waals surface area contributed by atoms with Gasteiger partial charge in [-0.1, -0.05) is 39.0 Å². The van der Waals surface area contributed by atoms with Crippen LogP contribution in [-0.2, 0) is 14.8 Å². The smallest absolute Gasteiger partial charge is 0.374 e. The molecule has 8 heteroatoms. The van der Waals surface area contributed by atoms with E-state index in [1.165, 1.54) is 19.3 Å². The summed E-state index contributed by atoms with van der Waals surface area (Å²) in [6.07, 6.45) is 6.49. The van der Waals surface area contributed by atoms with E-state index in [0.29, 0.717) is 0 Å². The molecule has 0 aliphatic heterocycles. The van der Waals surface area contributed by atoms with Crippen molar-refractivity contribution in [3.05, 3.63) is 16.5 Å². The number of halogens is 1. The summed E-state index contributed by atoms with van der Waals surface area (Å²) in [5.74, 6) is -0.879. The Balaban J connectivity index is 2.40. The molecule has 120 valence electrons. The van der Waals surface area contributed by atoms with E-state index in [1.54, 1.807) is 0 Å². The van der Waals surface area contributed by atoms with E-state index in [4.69, 9.17) is 14.3 Å². The van der Waals surface area contributed by atoms with Crippen molar-refractivity contribution in [1.82, 2.24) is 0 Å². The van der Waals surface area contributed by atoms with E-state index >= 15 is 0 Å². The molecular formula is C13H20BrNO5S. The third-order valence-corrected chi connectivity index (χ3v) is 4.66. The van der Waals surface area contributed by atoms with E-state index in [2.05, 4.69) is 22.9 Å². The molecule has 1 aromatic rings. The number of hydrogen-bond donors (Lipinski definition) is 1. The molecule has 0 amide bonds. The number of primary sulfonamides is 1. The predicted molar refractivity (Wildman–Crippen MR) is 81.4 cm³/mol. The molecule has 0 aliphatic carbocycles. The fraction of sp³-hybridized carbons (Fsp3) is 0.615. The Morgan fingerprint density at radius 2 is 1.90 bits per heavy atom. The lowest BCUT2D eigenvalue weighted by molar-refractivity contribution is 0.0460. The van der Waals surface area contributed by atoms with Gasteiger partial charge >= 0.3 is 5.97 Å². The van der Waals surface area contributed by atoms with Crippen LogP contribution in [-0.4, -0.2) is 21.0 Å². The van der Waals surface area contributed by atoms with Crippen LogP contribution in [0.2, 0.25) is 0 Å². The normalized spacial score (nSPS) is 11.6. The van der Waals surface area contributed by atoms with Gasteiger partial charge in [0.25, 0.3) is 0 Å². The van der Waals surface area contributed by atoms with Gasteiger partial charge in [-0.15, -0.1) is 0 Å². The first-order valence-corrected chi connectivity index (χ1v) is 9.19. The van der Waals surface area contributed by atoms with Gasteiger partial charge in [-0.25, -0.2) is 18.4 Å². The van der Waals surface area contributed by atoms with Crippen LogP contribution in [0.1, 0.15) is 56.0 Å². The maximum atomic E-state index is 11.7. The van der Waals surface area contributed by atoms with Crippen LogP contribution in [0.15, 0.2) is 20.0 Å². The molecule has 1 aromatic heterocycles. The lowest BCUT2D eigenvalue weighted by atomic mass is 10.1. The molecule has 0 saturated heterocycles. The molecule has 0 unspecified atom stereocenters. The Hall–Kier alpha value is -0.860. The highest BCUT2D eigenvalue weighted by Gasteiger charge is 2.22. The van der Waals surface area contributed by atoms with Crippen LogP contribution in [0, 0.1) is 0 Å². The maximum absolute atomic E-state index is 11.7. The molecule has 1 rings (SSSR count). The van der Waals surface area contributed by atoms with Gasteiger partial charge in [-0.2, -0.15) is 0 Å². The number of carbonyl (C=O) groups excluding carboxylic acids is 1. The Morgan fingerprint density at radius 3 is 2.48 bits per heavy atom. The Morgan fingerprint density at radius 1 is 1.29 bits per heavy atom. The molecule has 0 saturated carbocycles. The summed E-state index contributed by atoms with van der Waals surface area (Å²) in [7, 11) is -3.93. The Labute approximate surface area is 133 Å². The van der Waals surface area contributed by atoms with E-state index in [1.807, 2.05) is 0 Å². The van der Waals surface area contributed by atoms with E-state index in [-0.39, 0.29) is 21.9 Å². The molecule has 21 heavy (non-hydrogen) atoms. The molecule has 1 heterocycles. The highest BCUT2D eigenvalue weighted by atomic mass is 79.9. The molecule has 0 bridgehead atoms. The molecule has 0 aliphatic rings. The highest BCUT2D eigenvalue weighted by Crippen LogP contribution is 2.25. The average Bonchev–Trinajstić information content (AvgIpc) is 2.79. The molecular weight excluding hydrogens is 362 g/mol. The highest BCUT2D eigenvalue weighted by molar-refractivity contribution is 9.10. The van der Waals surface area contributed by atoms with Crippen molar-refractivity contribution in [2.45, 2.75) is 50.3 Å².